The highest BCUT2D eigenvalue weighted by atomic mass is 79.9. The van der Waals surface area contributed by atoms with Crippen molar-refractivity contribution in [3.8, 4) is 5.69 Å². The molecule has 0 unspecified atom stereocenters. The topological polar surface area (TPSA) is 62.7 Å². The molecule has 0 aliphatic heterocycles. The Hall–Kier alpha value is -2.03. The molecule has 1 heterocycles. The van der Waals surface area contributed by atoms with Crippen molar-refractivity contribution in [2.75, 3.05) is 0 Å². The molecule has 0 radical (unpaired) electrons. The molecular weight excluding hydrogens is 431 g/mol. The summed E-state index contributed by atoms with van der Waals surface area (Å²) in [5.41, 5.74) is 0.587. The normalized spacial score (nSPS) is 10.7. The van der Waals surface area contributed by atoms with E-state index in [1.807, 2.05) is 24.3 Å². The Morgan fingerprint density at radius 3 is 2.72 bits per heavy atom. The predicted molar refractivity (Wildman–Crippen MR) is 99.0 cm³/mol. The molecule has 0 fully saturated rings. The third kappa shape index (κ3) is 3.81. The maximum atomic E-state index is 13.8. The highest BCUT2D eigenvalue weighted by Crippen LogP contribution is 2.19. The zero-order chi connectivity index (χ0) is 18.0. The first-order valence-electron chi connectivity index (χ1n) is 7.12. The summed E-state index contributed by atoms with van der Waals surface area (Å²) in [6, 6.07) is 11.5. The van der Waals surface area contributed by atoms with Gasteiger partial charge in [0, 0.05) is 10.2 Å². The second-order valence-corrected chi connectivity index (χ2v) is 6.75. The molecule has 0 saturated carbocycles. The van der Waals surface area contributed by atoms with Crippen LogP contribution in [-0.2, 0) is 6.54 Å². The SMILES string of the molecule is O=C(NCc1n[nH]c(=S)n1-c1ccc(Br)cc1)c1c(F)cccc1Cl. The van der Waals surface area contributed by atoms with Crippen LogP contribution in [0.1, 0.15) is 16.2 Å². The number of amides is 1. The van der Waals surface area contributed by atoms with Gasteiger partial charge in [-0.1, -0.05) is 33.6 Å². The standard InChI is InChI=1S/C16H11BrClFN4OS/c17-9-4-6-10(7-5-9)23-13(21-22-16(23)25)8-20-15(24)14-11(18)2-1-3-12(14)19/h1-7H,8H2,(H,20,24)(H,22,25). The van der Waals surface area contributed by atoms with Crippen molar-refractivity contribution in [1.29, 1.82) is 0 Å². The fraction of sp³-hybridized carbons (Fsp3) is 0.0625. The molecule has 3 aromatic rings. The first-order valence-corrected chi connectivity index (χ1v) is 8.69. The smallest absolute Gasteiger partial charge is 0.256 e. The van der Waals surface area contributed by atoms with Gasteiger partial charge in [-0.25, -0.2) is 4.39 Å². The summed E-state index contributed by atoms with van der Waals surface area (Å²) >= 11 is 14.5. The minimum Gasteiger partial charge on any atom is -0.345 e. The monoisotopic (exact) mass is 440 g/mol. The number of hydrogen-bond donors (Lipinski definition) is 2. The van der Waals surface area contributed by atoms with Crippen molar-refractivity contribution in [2.24, 2.45) is 0 Å². The third-order valence-electron chi connectivity index (χ3n) is 3.42. The average molecular weight is 442 g/mol. The molecule has 1 amide bonds. The number of aromatic nitrogens is 3. The summed E-state index contributed by atoms with van der Waals surface area (Å²) in [6.07, 6.45) is 0. The van der Waals surface area contributed by atoms with Crippen molar-refractivity contribution < 1.29 is 9.18 Å². The van der Waals surface area contributed by atoms with Gasteiger partial charge in [0.05, 0.1) is 17.1 Å². The largest absolute Gasteiger partial charge is 0.345 e. The van der Waals surface area contributed by atoms with Gasteiger partial charge in [0.1, 0.15) is 5.82 Å². The van der Waals surface area contributed by atoms with E-state index in [2.05, 4.69) is 31.4 Å². The summed E-state index contributed by atoms with van der Waals surface area (Å²) in [6.45, 7) is 0.0483. The maximum absolute atomic E-state index is 13.8. The molecule has 0 atom stereocenters. The summed E-state index contributed by atoms with van der Waals surface area (Å²) in [4.78, 5) is 12.2. The Labute approximate surface area is 161 Å². The number of H-pyrrole nitrogens is 1. The van der Waals surface area contributed by atoms with Gasteiger partial charge in [0.15, 0.2) is 10.6 Å². The number of halogens is 3. The number of carbonyl (C=O) groups excluding carboxylic acids is 1. The van der Waals surface area contributed by atoms with Gasteiger partial charge in [0.2, 0.25) is 0 Å². The van der Waals surface area contributed by atoms with Crippen molar-refractivity contribution >= 4 is 45.7 Å². The fourth-order valence-electron chi connectivity index (χ4n) is 2.27. The molecular formula is C16H11BrClFN4OS. The summed E-state index contributed by atoms with van der Waals surface area (Å²) in [5.74, 6) is -0.829. The number of aromatic amines is 1. The van der Waals surface area contributed by atoms with Crippen molar-refractivity contribution in [1.82, 2.24) is 20.1 Å². The van der Waals surface area contributed by atoms with Crippen LogP contribution < -0.4 is 5.32 Å². The zero-order valence-corrected chi connectivity index (χ0v) is 15.8. The number of rotatable bonds is 4. The van der Waals surface area contributed by atoms with Crippen LogP contribution in [0.4, 0.5) is 4.39 Å². The first kappa shape index (κ1) is 17.8. The zero-order valence-electron chi connectivity index (χ0n) is 12.6. The van der Waals surface area contributed by atoms with Crippen LogP contribution in [0.15, 0.2) is 46.9 Å². The van der Waals surface area contributed by atoms with Crippen LogP contribution in [-0.4, -0.2) is 20.7 Å². The van der Waals surface area contributed by atoms with Gasteiger partial charge in [-0.05, 0) is 48.6 Å². The van der Waals surface area contributed by atoms with Crippen molar-refractivity contribution in [3.05, 3.63) is 73.9 Å². The van der Waals surface area contributed by atoms with E-state index in [0.717, 1.165) is 10.2 Å². The molecule has 128 valence electrons. The molecule has 2 N–H and O–H groups in total. The van der Waals surface area contributed by atoms with Gasteiger partial charge in [-0.15, -0.1) is 0 Å². The summed E-state index contributed by atoms with van der Waals surface area (Å²) < 4.78 is 16.8. The second-order valence-electron chi connectivity index (χ2n) is 5.04. The van der Waals surface area contributed by atoms with Crippen LogP contribution in [0.3, 0.4) is 0 Å². The minimum atomic E-state index is -0.684. The number of carbonyl (C=O) groups is 1. The molecule has 9 heteroatoms. The molecule has 0 spiro atoms. The lowest BCUT2D eigenvalue weighted by atomic mass is 10.2. The van der Waals surface area contributed by atoms with Crippen molar-refractivity contribution in [2.45, 2.75) is 6.54 Å². The molecule has 3 rings (SSSR count). The lowest BCUT2D eigenvalue weighted by Crippen LogP contribution is -2.25. The van der Waals surface area contributed by atoms with E-state index in [1.165, 1.54) is 18.2 Å². The van der Waals surface area contributed by atoms with Crippen LogP contribution >= 0.6 is 39.7 Å². The lowest BCUT2D eigenvalue weighted by Gasteiger charge is -2.09. The number of nitrogens with one attached hydrogen (secondary N) is 2. The lowest BCUT2D eigenvalue weighted by molar-refractivity contribution is 0.0946. The quantitative estimate of drug-likeness (QED) is 0.589. The van der Waals surface area contributed by atoms with E-state index in [4.69, 9.17) is 23.8 Å². The van der Waals surface area contributed by atoms with Gasteiger partial charge < -0.3 is 5.32 Å². The summed E-state index contributed by atoms with van der Waals surface area (Å²) in [7, 11) is 0. The van der Waals surface area contributed by atoms with Crippen LogP contribution in [0.2, 0.25) is 5.02 Å². The molecule has 1 aromatic heterocycles. The van der Waals surface area contributed by atoms with Gasteiger partial charge >= 0.3 is 0 Å². The van der Waals surface area contributed by atoms with Crippen molar-refractivity contribution in [3.63, 3.8) is 0 Å². The second kappa shape index (κ2) is 7.47. The van der Waals surface area contributed by atoms with Crippen LogP contribution in [0, 0.1) is 10.6 Å². The predicted octanol–water partition coefficient (Wildman–Crippen LogP) is 4.41. The van der Waals surface area contributed by atoms with E-state index >= 15 is 0 Å². The first-order chi connectivity index (χ1) is 12.0. The van der Waals surface area contributed by atoms with Gasteiger partial charge in [0.25, 0.3) is 5.91 Å². The van der Waals surface area contributed by atoms with Crippen LogP contribution in [0.5, 0.6) is 0 Å². The Morgan fingerprint density at radius 2 is 2.04 bits per heavy atom. The molecule has 0 bridgehead atoms. The Bertz CT molecular complexity index is 966. The molecule has 2 aromatic carbocycles. The molecule has 0 aliphatic rings. The van der Waals surface area contributed by atoms with Gasteiger partial charge in [-0.2, -0.15) is 5.10 Å². The number of hydrogen-bond acceptors (Lipinski definition) is 3. The van der Waals surface area contributed by atoms with Crippen LogP contribution in [0.25, 0.3) is 5.69 Å². The Kier molecular flexibility index (Phi) is 5.31. The highest BCUT2D eigenvalue weighted by molar-refractivity contribution is 9.10. The molecule has 5 nitrogen and oxygen atoms in total. The van der Waals surface area contributed by atoms with E-state index in [9.17, 15) is 9.18 Å². The highest BCUT2D eigenvalue weighted by Gasteiger charge is 2.17. The Morgan fingerprint density at radius 1 is 1.32 bits per heavy atom. The fourth-order valence-corrected chi connectivity index (χ4v) is 3.04. The molecule has 0 saturated heterocycles. The molecule has 25 heavy (non-hydrogen) atoms. The van der Waals surface area contributed by atoms with E-state index in [-0.39, 0.29) is 17.1 Å². The molecule has 0 aliphatic carbocycles. The summed E-state index contributed by atoms with van der Waals surface area (Å²) in [5, 5.41) is 9.46. The van der Waals surface area contributed by atoms with E-state index in [0.29, 0.717) is 10.6 Å². The number of benzene rings is 2. The van der Waals surface area contributed by atoms with E-state index < -0.39 is 11.7 Å². The number of nitrogens with zero attached hydrogens (tertiary/aromatic N) is 2. The maximum Gasteiger partial charge on any atom is 0.256 e. The third-order valence-corrected chi connectivity index (χ3v) is 4.54. The average Bonchev–Trinajstić information content (AvgIpc) is 2.94. The van der Waals surface area contributed by atoms with Gasteiger partial charge in [-0.3, -0.25) is 14.5 Å². The Balaban J connectivity index is 1.84. The minimum absolute atomic E-state index is 0.0456. The van der Waals surface area contributed by atoms with E-state index in [1.54, 1.807) is 4.57 Å².